The molecule has 256 valence electrons. The Hall–Kier alpha value is -1.38. The quantitative estimate of drug-likeness (QED) is 0.167. The number of carbonyl (C=O) groups is 3. The molecule has 0 aromatic rings. The minimum absolute atomic E-state index is 0.0761. The van der Waals surface area contributed by atoms with Gasteiger partial charge in [-0.1, -0.05) is 54.2 Å². The molecular formula is C34H55IN2O8. The van der Waals surface area contributed by atoms with Crippen molar-refractivity contribution in [1.29, 1.82) is 0 Å². The van der Waals surface area contributed by atoms with Crippen molar-refractivity contribution >= 4 is 40.3 Å². The van der Waals surface area contributed by atoms with Crippen molar-refractivity contribution in [3.05, 3.63) is 24.3 Å². The van der Waals surface area contributed by atoms with Gasteiger partial charge >= 0.3 is 5.97 Å². The van der Waals surface area contributed by atoms with Gasteiger partial charge in [-0.3, -0.25) is 9.59 Å². The van der Waals surface area contributed by atoms with Gasteiger partial charge in [-0.05, 0) is 78.1 Å². The molecule has 3 heterocycles. The third-order valence-corrected chi connectivity index (χ3v) is 11.7. The lowest BCUT2D eigenvalue weighted by molar-refractivity contribution is -0.280. The maximum absolute atomic E-state index is 14.2. The lowest BCUT2D eigenvalue weighted by Gasteiger charge is -2.55. The molecule has 45 heavy (non-hydrogen) atoms. The molecule has 2 fully saturated rings. The van der Waals surface area contributed by atoms with Gasteiger partial charge in [0.15, 0.2) is 11.3 Å². The number of methoxy groups -OCH3 is 1. The summed E-state index contributed by atoms with van der Waals surface area (Å²) in [5.74, 6) is -2.07. The number of alkyl halides is 1. The number of Topliss-reactive ketones (excluding diaryl/α,β-unsaturated/α-hetero) is 1. The topological polar surface area (TPSA) is 149 Å². The van der Waals surface area contributed by atoms with E-state index in [1.54, 1.807) is 27.0 Å². The third kappa shape index (κ3) is 8.56. The van der Waals surface area contributed by atoms with Crippen molar-refractivity contribution in [2.24, 2.45) is 23.5 Å². The van der Waals surface area contributed by atoms with Crippen LogP contribution in [0.3, 0.4) is 0 Å². The van der Waals surface area contributed by atoms with Crippen molar-refractivity contribution in [3.63, 3.8) is 0 Å². The normalized spacial score (nSPS) is 42.9. The Bertz CT molecular complexity index is 1110. The van der Waals surface area contributed by atoms with Crippen molar-refractivity contribution in [2.45, 2.75) is 132 Å². The predicted molar refractivity (Wildman–Crippen MR) is 180 cm³/mol. The van der Waals surface area contributed by atoms with Gasteiger partial charge in [0.05, 0.1) is 16.6 Å². The molecule has 0 aromatic carbocycles. The Balaban J connectivity index is 2.03. The van der Waals surface area contributed by atoms with Gasteiger partial charge < -0.3 is 35.1 Å². The molecule has 2 saturated heterocycles. The molecule has 1 unspecified atom stereocenters. The summed E-state index contributed by atoms with van der Waals surface area (Å²) >= 11 is 2.29. The zero-order valence-electron chi connectivity index (χ0n) is 27.9. The van der Waals surface area contributed by atoms with Crippen LogP contribution in [0.1, 0.15) is 92.4 Å². The third-order valence-electron chi connectivity index (χ3n) is 10.2. The molecular weight excluding hydrogens is 691 g/mol. The van der Waals surface area contributed by atoms with Gasteiger partial charge in [0.25, 0.3) is 5.91 Å². The number of allylic oxidation sites excluding steroid dienone is 3. The molecule has 0 spiro atoms. The Morgan fingerprint density at radius 3 is 2.53 bits per heavy atom. The standard InChI is InChI=1S/C34H55IN2O8/c1-8-11-24-17-21(2)16-22(3)18-28(35)34(36)29(43-7)13-14-32(5,45-34)33(6,42)31(41)37-15-10-9-12-25(37)30(40)44-20-23(4)26(38)19-27(24)39/h8,17,22-26,28-29,38,42H,1,9-16,18-20,36H2,2-7H3/b21-17+/t22-,23-,24+,25-,26-,28-,29-,32+,33?,34+/m0/s1. The number of aliphatic hydroxyl groups excluding tert-OH is 1. The highest BCUT2D eigenvalue weighted by Crippen LogP contribution is 2.46. The number of amides is 1. The van der Waals surface area contributed by atoms with Crippen LogP contribution in [0, 0.1) is 17.8 Å². The van der Waals surface area contributed by atoms with E-state index in [2.05, 4.69) is 36.1 Å². The van der Waals surface area contributed by atoms with Crippen molar-refractivity contribution in [1.82, 2.24) is 4.90 Å². The number of fused-ring (bicyclic) bond motifs is 3. The fraction of sp³-hybridized carbons (Fsp3) is 0.794. The van der Waals surface area contributed by atoms with E-state index >= 15 is 0 Å². The van der Waals surface area contributed by atoms with Crippen LogP contribution in [0.25, 0.3) is 0 Å². The average Bonchev–Trinajstić information content (AvgIpc) is 2.98. The number of halogens is 1. The van der Waals surface area contributed by atoms with Crippen LogP contribution in [0.15, 0.2) is 24.3 Å². The molecule has 10 atom stereocenters. The van der Waals surface area contributed by atoms with Gasteiger partial charge in [-0.2, -0.15) is 0 Å². The zero-order chi connectivity index (χ0) is 33.7. The second-order valence-corrected chi connectivity index (χ2v) is 15.5. The van der Waals surface area contributed by atoms with E-state index in [-0.39, 0.29) is 35.2 Å². The Morgan fingerprint density at radius 1 is 1.20 bits per heavy atom. The van der Waals surface area contributed by atoms with E-state index in [0.717, 1.165) is 12.0 Å². The summed E-state index contributed by atoms with van der Waals surface area (Å²) in [6, 6.07) is -0.886. The first-order valence-electron chi connectivity index (χ1n) is 16.4. The summed E-state index contributed by atoms with van der Waals surface area (Å²) in [6.07, 6.45) is 6.54. The second kappa shape index (κ2) is 15.7. The number of esters is 1. The Kier molecular flexibility index (Phi) is 13.3. The maximum atomic E-state index is 14.2. The summed E-state index contributed by atoms with van der Waals surface area (Å²) in [5, 5.41) is 22.9. The summed E-state index contributed by atoms with van der Waals surface area (Å²) in [4.78, 5) is 42.2. The smallest absolute Gasteiger partial charge is 0.328 e. The number of ketones is 1. The molecule has 0 aliphatic carbocycles. The highest BCUT2D eigenvalue weighted by Gasteiger charge is 2.61. The number of carbonyl (C=O) groups excluding carboxylic acids is 3. The first-order valence-corrected chi connectivity index (χ1v) is 17.6. The molecule has 3 rings (SSSR count). The van der Waals surface area contributed by atoms with E-state index in [4.69, 9.17) is 19.9 Å². The zero-order valence-corrected chi connectivity index (χ0v) is 30.1. The molecule has 1 amide bonds. The molecule has 0 radical (unpaired) electrons. The van der Waals surface area contributed by atoms with E-state index in [0.29, 0.717) is 44.9 Å². The number of hydrogen-bond donors (Lipinski definition) is 3. The molecule has 10 nitrogen and oxygen atoms in total. The van der Waals surface area contributed by atoms with E-state index < -0.39 is 58.9 Å². The molecule has 0 aromatic heterocycles. The molecule has 3 aliphatic rings. The minimum atomic E-state index is -2.00. The van der Waals surface area contributed by atoms with Crippen LogP contribution in [0.2, 0.25) is 0 Å². The highest BCUT2D eigenvalue weighted by molar-refractivity contribution is 14.1. The molecule has 0 saturated carbocycles. The number of piperidine rings is 1. The molecule has 3 aliphatic heterocycles. The number of hydrogen-bond acceptors (Lipinski definition) is 9. The lowest BCUT2D eigenvalue weighted by Crippen LogP contribution is -2.73. The Morgan fingerprint density at radius 2 is 1.89 bits per heavy atom. The number of ether oxygens (including phenoxy) is 3. The van der Waals surface area contributed by atoms with Crippen molar-refractivity contribution < 1.29 is 38.8 Å². The minimum Gasteiger partial charge on any atom is -0.464 e. The van der Waals surface area contributed by atoms with Crippen LogP contribution in [-0.4, -0.2) is 92.1 Å². The SMILES string of the molecule is C=CC[C@@H]1/C=C(\C)C[C@H](C)C[C@H](I)[C@@]2(N)O[C@](C)(CC[C@@H]2OC)C(C)(O)C(=O)N2CCCC[C@H]2C(=O)OC[C@H](C)[C@@H](O)CC1=O. The largest absolute Gasteiger partial charge is 0.464 e. The van der Waals surface area contributed by atoms with Gasteiger partial charge in [0.1, 0.15) is 23.5 Å². The van der Waals surface area contributed by atoms with E-state index in [1.165, 1.54) is 11.8 Å². The average molecular weight is 747 g/mol. The van der Waals surface area contributed by atoms with E-state index in [1.807, 2.05) is 13.0 Å². The number of cyclic esters (lactones) is 1. The fourth-order valence-corrected chi connectivity index (χ4v) is 8.40. The van der Waals surface area contributed by atoms with Crippen LogP contribution < -0.4 is 5.73 Å². The lowest BCUT2D eigenvalue weighted by atomic mass is 9.75. The monoisotopic (exact) mass is 746 g/mol. The first kappa shape index (κ1) is 38.1. The number of rotatable bonds is 3. The van der Waals surface area contributed by atoms with Crippen LogP contribution >= 0.6 is 22.6 Å². The second-order valence-electron chi connectivity index (χ2n) is 14.0. The molecule has 4 N–H and O–H groups in total. The van der Waals surface area contributed by atoms with Crippen LogP contribution in [-0.2, 0) is 28.6 Å². The summed E-state index contributed by atoms with van der Waals surface area (Å²) < 4.78 is 17.9. The van der Waals surface area contributed by atoms with Crippen molar-refractivity contribution in [2.75, 3.05) is 20.3 Å². The molecule has 2 bridgehead atoms. The van der Waals surface area contributed by atoms with Gasteiger partial charge in [0, 0.05) is 31.9 Å². The van der Waals surface area contributed by atoms with Gasteiger partial charge in [-0.15, -0.1) is 6.58 Å². The fourth-order valence-electron chi connectivity index (χ4n) is 7.01. The highest BCUT2D eigenvalue weighted by atomic mass is 127. The van der Waals surface area contributed by atoms with Crippen LogP contribution in [0.4, 0.5) is 0 Å². The maximum Gasteiger partial charge on any atom is 0.328 e. The Labute approximate surface area is 282 Å². The van der Waals surface area contributed by atoms with Crippen LogP contribution in [0.5, 0.6) is 0 Å². The van der Waals surface area contributed by atoms with Gasteiger partial charge in [0.2, 0.25) is 0 Å². The first-order chi connectivity index (χ1) is 21.0. The summed E-state index contributed by atoms with van der Waals surface area (Å²) in [7, 11) is 1.59. The van der Waals surface area contributed by atoms with E-state index in [9.17, 15) is 24.6 Å². The van der Waals surface area contributed by atoms with Crippen molar-refractivity contribution in [3.8, 4) is 0 Å². The summed E-state index contributed by atoms with van der Waals surface area (Å²) in [6.45, 7) is 13.0. The predicted octanol–water partition coefficient (Wildman–Crippen LogP) is 4.23. The molecule has 11 heteroatoms. The number of nitrogens with zero attached hydrogens (tertiary/aromatic N) is 1. The van der Waals surface area contributed by atoms with Gasteiger partial charge in [-0.25, -0.2) is 4.79 Å². The number of nitrogens with two attached hydrogens (primary N) is 1. The number of aliphatic hydroxyl groups is 2. The summed E-state index contributed by atoms with van der Waals surface area (Å²) in [5.41, 5.74) is 3.42.